The standard InChI is InChI=1S/C8Br15O2/c9-2(10,3(11,12)5(15,16)7(19,20)21)4(13,14)6(17,18)8(22,23)25-1-24. The quantitative estimate of drug-likeness (QED) is 0.238. The molecule has 0 aromatic heterocycles. The molecule has 25 heavy (non-hydrogen) atoms. The fraction of sp³-hybridized carbons (Fsp3) is 0.875. The van der Waals surface area contributed by atoms with Crippen molar-refractivity contribution >= 4 is 245 Å². The summed E-state index contributed by atoms with van der Waals surface area (Å²) < 4.78 is -2.61. The van der Waals surface area contributed by atoms with Crippen LogP contribution in [0.1, 0.15) is 0 Å². The van der Waals surface area contributed by atoms with E-state index in [-0.39, 0.29) is 0 Å². The Hall–Kier alpha value is 6.67. The number of hydrogen-bond acceptors (Lipinski definition) is 2. The Labute approximate surface area is 271 Å². The summed E-state index contributed by atoms with van der Waals surface area (Å²) in [6.07, 6.45) is 0. The number of halogens is 15. The molecule has 0 rings (SSSR count). The molecule has 0 heterocycles. The van der Waals surface area contributed by atoms with E-state index in [4.69, 9.17) is 4.74 Å². The predicted molar refractivity (Wildman–Crippen MR) is 160 cm³/mol. The van der Waals surface area contributed by atoms with Crippen LogP contribution in [0.3, 0.4) is 0 Å². The molecule has 0 saturated heterocycles. The summed E-state index contributed by atoms with van der Waals surface area (Å²) in [7, 11) is 0. The molecule has 17 heteroatoms. The fourth-order valence-corrected chi connectivity index (χ4v) is 13.4. The summed E-state index contributed by atoms with van der Waals surface area (Å²) in [5.41, 5.74) is 0. The van der Waals surface area contributed by atoms with Crippen molar-refractivity contribution in [3.05, 3.63) is 0 Å². The third-order valence-corrected chi connectivity index (χ3v) is 31.4. The maximum Gasteiger partial charge on any atom is 0.419 e. The second-order valence-electron chi connectivity index (χ2n) is 4.07. The molecule has 0 bridgehead atoms. The maximum absolute atomic E-state index is 10.8. The van der Waals surface area contributed by atoms with Gasteiger partial charge in [-0.15, -0.1) is 0 Å². The minimum absolute atomic E-state index is 0.815. The highest BCUT2D eigenvalue weighted by Gasteiger charge is 2.76. The lowest BCUT2D eigenvalue weighted by Crippen LogP contribution is -2.66. The Morgan fingerprint density at radius 3 is 1.04 bits per heavy atom. The molecule has 0 aromatic carbocycles. The van der Waals surface area contributed by atoms with Crippen LogP contribution in [0, 0.1) is 0 Å². The Morgan fingerprint density at radius 2 is 0.760 bits per heavy atom. The largest absolute Gasteiger partial charge is 0.426 e. The van der Waals surface area contributed by atoms with Crippen molar-refractivity contribution in [1.29, 1.82) is 0 Å². The van der Waals surface area contributed by atoms with Gasteiger partial charge in [0.2, 0.25) is 3.42 Å². The Balaban J connectivity index is 6.44. The zero-order valence-corrected chi connectivity index (χ0v) is 34.3. The monoisotopic (exact) mass is 1310 g/mol. The summed E-state index contributed by atoms with van der Waals surface area (Å²) in [5, 5.41) is 0. The van der Waals surface area contributed by atoms with Crippen molar-refractivity contribution in [2.24, 2.45) is 0 Å². The Bertz CT molecular complexity index is 504. The molecule has 0 atom stereocenters. The van der Waals surface area contributed by atoms with Crippen molar-refractivity contribution in [3.63, 3.8) is 0 Å². The van der Waals surface area contributed by atoms with Crippen molar-refractivity contribution in [1.82, 2.24) is 0 Å². The maximum atomic E-state index is 10.8. The summed E-state index contributed by atoms with van der Waals surface area (Å²) in [5.74, 6) is 0. The van der Waals surface area contributed by atoms with Crippen LogP contribution in [0.15, 0.2) is 0 Å². The van der Waals surface area contributed by atoms with Crippen LogP contribution in [0.2, 0.25) is 0 Å². The number of carbonyl (C=O) groups excluding carboxylic acids is 1. The van der Waals surface area contributed by atoms with E-state index in [1.165, 1.54) is 6.47 Å². The topological polar surface area (TPSA) is 26.3 Å². The average Bonchev–Trinajstić information content (AvgIpc) is 2.35. The van der Waals surface area contributed by atoms with E-state index in [0.717, 1.165) is 0 Å². The first-order valence-electron chi connectivity index (χ1n) is 4.95. The first-order chi connectivity index (χ1) is 10.6. The van der Waals surface area contributed by atoms with Crippen LogP contribution < -0.4 is 0 Å². The summed E-state index contributed by atoms with van der Waals surface area (Å²) in [4.78, 5) is 10.8. The lowest BCUT2D eigenvalue weighted by molar-refractivity contribution is 0.223. The Kier molecular flexibility index (Phi) is 13.3. The molecule has 0 saturated carbocycles. The van der Waals surface area contributed by atoms with E-state index < -0.39 is 21.7 Å². The SMILES string of the molecule is O=[C]OC(Br)(Br)C(Br)(Br)C(Br)(Br)C(Br)(Br)C(Br)(Br)C(Br)(Br)C(Br)(Br)Br. The highest BCUT2D eigenvalue weighted by molar-refractivity contribution is 9.42. The molecule has 149 valence electrons. The van der Waals surface area contributed by atoms with Crippen molar-refractivity contribution in [3.8, 4) is 0 Å². The van der Waals surface area contributed by atoms with Gasteiger partial charge in [0.1, 0.15) is 12.9 Å². The van der Waals surface area contributed by atoms with Gasteiger partial charge in [-0.3, -0.25) is 0 Å². The van der Waals surface area contributed by atoms with Gasteiger partial charge in [0.25, 0.3) is 0 Å². The zero-order valence-electron chi connectivity index (χ0n) is 10.5. The van der Waals surface area contributed by atoms with E-state index in [1.807, 2.05) is 0 Å². The molecule has 0 spiro atoms. The van der Waals surface area contributed by atoms with Crippen molar-refractivity contribution in [2.45, 2.75) is 21.7 Å². The molecular formula is C8Br15O2. The van der Waals surface area contributed by atoms with E-state index >= 15 is 0 Å². The highest BCUT2D eigenvalue weighted by atomic mass is 80.0. The molecule has 0 amide bonds. The van der Waals surface area contributed by atoms with Crippen LogP contribution in [0.5, 0.6) is 0 Å². The molecule has 0 N–H and O–H groups in total. The second-order valence-corrected chi connectivity index (χ2v) is 31.3. The fourth-order valence-electron chi connectivity index (χ4n) is 1.07. The van der Waals surface area contributed by atoms with Crippen LogP contribution >= 0.6 is 239 Å². The molecule has 0 aliphatic heterocycles. The van der Waals surface area contributed by atoms with Crippen LogP contribution in [0.4, 0.5) is 0 Å². The molecule has 0 aliphatic carbocycles. The van der Waals surface area contributed by atoms with Gasteiger partial charge in [0.05, 0.1) is 0 Å². The normalized spacial score (nSPS) is 16.0. The van der Waals surface area contributed by atoms with E-state index in [0.29, 0.717) is 0 Å². The van der Waals surface area contributed by atoms with E-state index in [1.54, 1.807) is 0 Å². The minimum Gasteiger partial charge on any atom is -0.426 e. The van der Waals surface area contributed by atoms with Gasteiger partial charge in [-0.1, -0.05) is 207 Å². The first kappa shape index (κ1) is 31.7. The first-order valence-corrected chi connectivity index (χ1v) is 16.8. The lowest BCUT2D eigenvalue weighted by atomic mass is 10.1. The van der Waals surface area contributed by atoms with Gasteiger partial charge in [0.15, 0.2) is 5.38 Å². The van der Waals surface area contributed by atoms with Crippen LogP contribution in [-0.4, -0.2) is 28.2 Å². The number of alkyl halides is 15. The third-order valence-electron chi connectivity index (χ3n) is 2.47. The average molecular weight is 1330 g/mol. The summed E-state index contributed by atoms with van der Waals surface area (Å²) in [6, 6.07) is 0. The van der Waals surface area contributed by atoms with Crippen LogP contribution in [-0.2, 0) is 9.53 Å². The highest BCUT2D eigenvalue weighted by Crippen LogP contribution is 2.76. The van der Waals surface area contributed by atoms with Gasteiger partial charge in [-0.2, -0.15) is 0 Å². The molecule has 0 aliphatic rings. The van der Waals surface area contributed by atoms with Gasteiger partial charge in [-0.25, -0.2) is 4.79 Å². The molecule has 2 nitrogen and oxygen atoms in total. The predicted octanol–water partition coefficient (Wildman–Crippen LogP) is 10.8. The number of hydrogen-bond donors (Lipinski definition) is 0. The smallest absolute Gasteiger partial charge is 0.419 e. The third kappa shape index (κ3) is 6.03. The van der Waals surface area contributed by atoms with Gasteiger partial charge in [0, 0.05) is 0 Å². The summed E-state index contributed by atoms with van der Waals surface area (Å²) >= 11 is 53.4. The Morgan fingerprint density at radius 1 is 0.480 bits per heavy atom. The minimum atomic E-state index is -1.42. The lowest BCUT2D eigenvalue weighted by Gasteiger charge is -2.55. The second kappa shape index (κ2) is 10.5. The van der Waals surface area contributed by atoms with Crippen molar-refractivity contribution in [2.75, 3.05) is 0 Å². The zero-order chi connectivity index (χ0) is 20.9. The van der Waals surface area contributed by atoms with E-state index in [9.17, 15) is 4.79 Å². The van der Waals surface area contributed by atoms with E-state index in [2.05, 4.69) is 239 Å². The molecule has 0 unspecified atom stereocenters. The van der Waals surface area contributed by atoms with Crippen molar-refractivity contribution < 1.29 is 9.53 Å². The molecule has 0 aromatic rings. The summed E-state index contributed by atoms with van der Waals surface area (Å²) in [6.45, 7) is 1.39. The van der Waals surface area contributed by atoms with Gasteiger partial charge in [-0.05, 0) is 31.9 Å². The number of ether oxygens (including phenoxy) is 1. The van der Waals surface area contributed by atoms with Gasteiger partial charge < -0.3 is 4.74 Å². The van der Waals surface area contributed by atoms with Crippen LogP contribution in [0.25, 0.3) is 0 Å². The number of rotatable bonds is 7. The molecule has 0 fully saturated rings. The van der Waals surface area contributed by atoms with Gasteiger partial charge >= 0.3 is 6.47 Å². The molecular weight excluding hydrogens is 1330 g/mol. The molecule has 1 radical (unpaired) electrons.